The van der Waals surface area contributed by atoms with E-state index in [0.717, 1.165) is 34.6 Å². The summed E-state index contributed by atoms with van der Waals surface area (Å²) < 4.78 is 0. The Hall–Kier alpha value is -1.95. The molecule has 7 N–H and O–H groups in total. The van der Waals surface area contributed by atoms with Crippen molar-refractivity contribution in [1.82, 2.24) is 0 Å². The van der Waals surface area contributed by atoms with Crippen LogP contribution in [0.2, 0.25) is 0 Å². The van der Waals surface area contributed by atoms with Gasteiger partial charge in [0.25, 0.3) is 29.8 Å². The van der Waals surface area contributed by atoms with Gasteiger partial charge in [-0.2, -0.15) is 0 Å². The second kappa shape index (κ2) is 36.4. The Morgan fingerprint density at radius 2 is 0.455 bits per heavy atom. The maximum Gasteiger partial charge on any atom is 0.300 e. The zero-order chi connectivity index (χ0) is 17.9. The number of carbonyl (C=O) groups is 5. The number of carboxylic acid groups (broad SMARTS) is 5. The number of carboxylic acids is 5. The van der Waals surface area contributed by atoms with Crippen LogP contribution in [0.25, 0.3) is 0 Å². The summed E-state index contributed by atoms with van der Waals surface area (Å²) in [5.41, 5.74) is 0. The Labute approximate surface area is 142 Å². The maximum absolute atomic E-state index is 9.00. The first-order valence-electron chi connectivity index (χ1n) is 4.64. The van der Waals surface area contributed by atoms with Gasteiger partial charge in [0.05, 0.1) is 0 Å². The van der Waals surface area contributed by atoms with Crippen LogP contribution in [0.3, 0.4) is 0 Å². The molecule has 0 aliphatic heterocycles. The van der Waals surface area contributed by atoms with Crippen LogP contribution in [0.15, 0.2) is 0 Å². The van der Waals surface area contributed by atoms with Crippen molar-refractivity contribution in [3.63, 3.8) is 0 Å². The van der Waals surface area contributed by atoms with Crippen LogP contribution in [0, 0.1) is 0 Å². The van der Waals surface area contributed by atoms with Crippen LogP contribution >= 0.6 is 0 Å². The zero-order valence-corrected chi connectivity index (χ0v) is 14.9. The number of rotatable bonds is 0. The van der Waals surface area contributed by atoms with Crippen LogP contribution in [-0.2, 0) is 46.4 Å². The van der Waals surface area contributed by atoms with Gasteiger partial charge in [-0.05, 0) is 0 Å². The smallest absolute Gasteiger partial charge is 0.300 e. The van der Waals surface area contributed by atoms with E-state index in [0.29, 0.717) is 0 Å². The molecule has 0 atom stereocenters. The molecule has 133 valence electrons. The molecule has 0 aliphatic rings. The molecular weight excluding hydrogens is 389 g/mol. The van der Waals surface area contributed by atoms with E-state index < -0.39 is 29.8 Å². The molecule has 0 bridgehead atoms. The van der Waals surface area contributed by atoms with Gasteiger partial charge in [0.1, 0.15) is 0 Å². The van der Waals surface area contributed by atoms with Crippen LogP contribution in [0.4, 0.5) is 0 Å². The van der Waals surface area contributed by atoms with E-state index in [2.05, 4.69) is 0 Å². The molecule has 0 aromatic heterocycles. The zero-order valence-electron chi connectivity index (χ0n) is 12.7. The normalized spacial score (nSPS) is 5.68. The SMILES string of the molecule is CC(=O)O.CC(=O)O.CC(=O)O.CC(=O)O.CC(=O)O.O.[Nb]. The van der Waals surface area contributed by atoms with Gasteiger partial charge in [-0.15, -0.1) is 0 Å². The van der Waals surface area contributed by atoms with Crippen LogP contribution in [-0.4, -0.2) is 60.9 Å². The molecule has 12 heteroatoms. The molecule has 1 radical (unpaired) electrons. The van der Waals surface area contributed by atoms with Crippen LogP contribution < -0.4 is 0 Å². The second-order valence-electron chi connectivity index (χ2n) is 2.60. The molecule has 0 fully saturated rings. The Balaban J connectivity index is -0.0000000250. The predicted molar refractivity (Wildman–Crippen MR) is 70.2 cm³/mol. The molecule has 0 saturated carbocycles. The van der Waals surface area contributed by atoms with Crippen molar-refractivity contribution in [3.05, 3.63) is 0 Å². The summed E-state index contributed by atoms with van der Waals surface area (Å²) in [4.78, 5) is 45.0. The van der Waals surface area contributed by atoms with Crippen molar-refractivity contribution < 1.29 is 77.4 Å². The van der Waals surface area contributed by atoms with Crippen molar-refractivity contribution in [2.24, 2.45) is 0 Å². The van der Waals surface area contributed by atoms with Gasteiger partial charge >= 0.3 is 0 Å². The topological polar surface area (TPSA) is 218 Å². The van der Waals surface area contributed by atoms with E-state index in [4.69, 9.17) is 49.5 Å². The van der Waals surface area contributed by atoms with Crippen molar-refractivity contribution in [2.45, 2.75) is 34.6 Å². The Morgan fingerprint density at radius 1 is 0.455 bits per heavy atom. The van der Waals surface area contributed by atoms with Crippen molar-refractivity contribution in [3.8, 4) is 0 Å². The summed E-state index contributed by atoms with van der Waals surface area (Å²) in [7, 11) is 0. The molecule has 0 heterocycles. The molecule has 0 amide bonds. The summed E-state index contributed by atoms with van der Waals surface area (Å²) in [5.74, 6) is -4.17. The third kappa shape index (κ3) is 1380. The molecule has 0 rings (SSSR count). The van der Waals surface area contributed by atoms with Crippen LogP contribution in [0.5, 0.6) is 0 Å². The third-order valence-corrected chi connectivity index (χ3v) is 0. The monoisotopic (exact) mass is 411 g/mol. The Morgan fingerprint density at radius 3 is 0.455 bits per heavy atom. The minimum atomic E-state index is -0.833. The van der Waals surface area contributed by atoms with E-state index in [9.17, 15) is 0 Å². The van der Waals surface area contributed by atoms with Gasteiger partial charge in [-0.25, -0.2) is 0 Å². The maximum atomic E-state index is 9.00. The molecule has 0 spiro atoms. The molecule has 22 heavy (non-hydrogen) atoms. The van der Waals surface area contributed by atoms with Gasteiger partial charge in [0.15, 0.2) is 0 Å². The van der Waals surface area contributed by atoms with Gasteiger partial charge in [0, 0.05) is 57.0 Å². The summed E-state index contributed by atoms with van der Waals surface area (Å²) in [6, 6.07) is 0. The molecule has 11 nitrogen and oxygen atoms in total. The summed E-state index contributed by atoms with van der Waals surface area (Å²) in [6.45, 7) is 5.42. The average Bonchev–Trinajstić information content (AvgIpc) is 1.94. The van der Waals surface area contributed by atoms with Gasteiger partial charge < -0.3 is 31.0 Å². The fraction of sp³-hybridized carbons (Fsp3) is 0.500. The third-order valence-electron chi connectivity index (χ3n) is 0. The van der Waals surface area contributed by atoms with Crippen molar-refractivity contribution in [1.29, 1.82) is 0 Å². The largest absolute Gasteiger partial charge is 0.481 e. The van der Waals surface area contributed by atoms with Crippen LogP contribution in [0.1, 0.15) is 34.6 Å². The van der Waals surface area contributed by atoms with E-state index in [1.54, 1.807) is 0 Å². The molecular formula is C10H22NbO11. The average molecular weight is 411 g/mol. The first-order chi connectivity index (χ1) is 8.66. The quantitative estimate of drug-likeness (QED) is 0.325. The number of hydrogen-bond donors (Lipinski definition) is 5. The fourth-order valence-corrected chi connectivity index (χ4v) is 0. The van der Waals surface area contributed by atoms with Gasteiger partial charge in [-0.3, -0.25) is 24.0 Å². The standard InChI is InChI=1S/5C2H4O2.Nb.H2O/c5*1-2(3)4;;/h5*1H3,(H,3,4);;1H2. The first kappa shape index (κ1) is 42.7. The predicted octanol–water partition coefficient (Wildman–Crippen LogP) is -0.373. The summed E-state index contributed by atoms with van der Waals surface area (Å²) >= 11 is 0. The van der Waals surface area contributed by atoms with Gasteiger partial charge in [-0.1, -0.05) is 0 Å². The first-order valence-corrected chi connectivity index (χ1v) is 4.64. The Kier molecular flexibility index (Phi) is 70.8. The molecule has 0 aromatic carbocycles. The van der Waals surface area contributed by atoms with Crippen molar-refractivity contribution in [2.75, 3.05) is 0 Å². The second-order valence-corrected chi connectivity index (χ2v) is 2.60. The Bertz CT molecular complexity index is 212. The number of aliphatic carboxylic acids is 5. The number of hydrogen-bond acceptors (Lipinski definition) is 5. The van der Waals surface area contributed by atoms with Gasteiger partial charge in [0.2, 0.25) is 0 Å². The van der Waals surface area contributed by atoms with E-state index in [1.165, 1.54) is 0 Å². The minimum absolute atomic E-state index is 0. The van der Waals surface area contributed by atoms with Crippen molar-refractivity contribution >= 4 is 29.8 Å². The molecule has 0 saturated heterocycles. The molecule has 0 unspecified atom stereocenters. The van der Waals surface area contributed by atoms with E-state index in [1.807, 2.05) is 0 Å². The van der Waals surface area contributed by atoms with E-state index in [-0.39, 0.29) is 27.9 Å². The summed E-state index contributed by atoms with van der Waals surface area (Å²) in [5, 5.41) is 37.1. The minimum Gasteiger partial charge on any atom is -0.481 e. The molecule has 0 aromatic rings. The van der Waals surface area contributed by atoms with E-state index >= 15 is 0 Å². The summed E-state index contributed by atoms with van der Waals surface area (Å²) in [6.07, 6.45) is 0. The fourth-order valence-electron chi connectivity index (χ4n) is 0. The molecule has 0 aliphatic carbocycles.